The fourth-order valence-electron chi connectivity index (χ4n) is 1.14. The molecule has 1 saturated heterocycles. The second-order valence-electron chi connectivity index (χ2n) is 4.28. The van der Waals surface area contributed by atoms with Gasteiger partial charge in [-0.25, -0.2) is 0 Å². The largest absolute Gasteiger partial charge is 0.310 e. The van der Waals surface area contributed by atoms with Gasteiger partial charge in [-0.05, 0) is 20.8 Å². The molecule has 0 spiro atoms. The van der Waals surface area contributed by atoms with Gasteiger partial charge in [-0.1, -0.05) is 11.8 Å². The Labute approximate surface area is 88.4 Å². The molecule has 0 bridgehead atoms. The van der Waals surface area contributed by atoms with Gasteiger partial charge in [0.1, 0.15) is 0 Å². The molecule has 0 radical (unpaired) electrons. The van der Waals surface area contributed by atoms with E-state index in [1.54, 1.807) is 0 Å². The zero-order valence-electron chi connectivity index (χ0n) is 8.79. The van der Waals surface area contributed by atoms with E-state index in [9.17, 15) is 9.59 Å². The van der Waals surface area contributed by atoms with E-state index in [-0.39, 0.29) is 16.7 Å². The summed E-state index contributed by atoms with van der Waals surface area (Å²) in [5, 5.41) is 3.11. The van der Waals surface area contributed by atoms with Crippen molar-refractivity contribution < 1.29 is 9.59 Å². The molecule has 4 nitrogen and oxygen atoms in total. The highest BCUT2D eigenvalue weighted by molar-refractivity contribution is 8.14. The third-order valence-electron chi connectivity index (χ3n) is 1.83. The van der Waals surface area contributed by atoms with E-state index in [1.807, 2.05) is 0 Å². The Balaban J connectivity index is 2.31. The molecule has 1 heterocycles. The third-order valence-corrected chi connectivity index (χ3v) is 2.69. The summed E-state index contributed by atoms with van der Waals surface area (Å²) in [7, 11) is 0. The maximum absolute atomic E-state index is 11.2. The normalized spacial score (nSPS) is 18.1. The number of nitrogens with zero attached hydrogens (tertiary/aromatic N) is 1. The van der Waals surface area contributed by atoms with Crippen molar-refractivity contribution >= 4 is 22.9 Å². The second-order valence-corrected chi connectivity index (χ2v) is 5.20. The van der Waals surface area contributed by atoms with Gasteiger partial charge in [0.15, 0.2) is 0 Å². The lowest BCUT2D eigenvalue weighted by molar-refractivity contribution is -0.124. The topological polar surface area (TPSA) is 49.4 Å². The number of nitrogens with one attached hydrogen (secondary N) is 1. The highest BCUT2D eigenvalue weighted by Gasteiger charge is 2.29. The van der Waals surface area contributed by atoms with Crippen molar-refractivity contribution in [3.8, 4) is 0 Å². The lowest BCUT2D eigenvalue weighted by Crippen LogP contribution is -2.42. The van der Waals surface area contributed by atoms with Crippen LogP contribution in [0.4, 0.5) is 4.79 Å². The number of rotatable bonds is 3. The van der Waals surface area contributed by atoms with Crippen LogP contribution in [0.25, 0.3) is 0 Å². The second kappa shape index (κ2) is 4.31. The van der Waals surface area contributed by atoms with Crippen molar-refractivity contribution in [1.82, 2.24) is 10.2 Å². The molecule has 14 heavy (non-hydrogen) atoms. The van der Waals surface area contributed by atoms with Crippen LogP contribution in [0.15, 0.2) is 0 Å². The maximum Gasteiger partial charge on any atom is 0.288 e. The Morgan fingerprint density at radius 1 is 1.43 bits per heavy atom. The molecule has 1 aliphatic rings. The van der Waals surface area contributed by atoms with Crippen molar-refractivity contribution in [3.05, 3.63) is 0 Å². The van der Waals surface area contributed by atoms with Crippen molar-refractivity contribution in [3.63, 3.8) is 0 Å². The Kier molecular flexibility index (Phi) is 3.55. The van der Waals surface area contributed by atoms with Crippen LogP contribution in [0.2, 0.25) is 0 Å². The Hall–Kier alpha value is -0.550. The summed E-state index contributed by atoms with van der Waals surface area (Å²) in [5.41, 5.74) is 0.0267. The number of hydrogen-bond acceptors (Lipinski definition) is 4. The molecule has 0 aliphatic carbocycles. The number of amides is 2. The van der Waals surface area contributed by atoms with Gasteiger partial charge in [0.25, 0.3) is 5.24 Å². The van der Waals surface area contributed by atoms with Crippen LogP contribution in [0.1, 0.15) is 20.8 Å². The third kappa shape index (κ3) is 3.31. The standard InChI is InChI=1S/C9H16N2O2S/c1-9(2,3)10-4-5-11-7(12)6-14-8(11)13/h10H,4-6H2,1-3H3. The molecular formula is C9H16N2O2S. The summed E-state index contributed by atoms with van der Waals surface area (Å²) < 4.78 is 0. The minimum Gasteiger partial charge on any atom is -0.310 e. The molecule has 1 rings (SSSR count). The molecule has 0 saturated carbocycles. The summed E-state index contributed by atoms with van der Waals surface area (Å²) in [5.74, 6) is 0.227. The monoisotopic (exact) mass is 216 g/mol. The first kappa shape index (κ1) is 11.5. The van der Waals surface area contributed by atoms with Crippen LogP contribution >= 0.6 is 11.8 Å². The molecule has 1 aliphatic heterocycles. The van der Waals surface area contributed by atoms with Crippen LogP contribution in [0.5, 0.6) is 0 Å². The maximum atomic E-state index is 11.2. The van der Waals surface area contributed by atoms with E-state index in [2.05, 4.69) is 26.1 Å². The van der Waals surface area contributed by atoms with Crippen LogP contribution in [-0.2, 0) is 4.79 Å². The molecule has 5 heteroatoms. The quantitative estimate of drug-likeness (QED) is 0.766. The molecule has 2 amide bonds. The van der Waals surface area contributed by atoms with Gasteiger partial charge in [-0.3, -0.25) is 14.5 Å². The number of thioether (sulfide) groups is 1. The number of imide groups is 1. The van der Waals surface area contributed by atoms with Crippen LogP contribution < -0.4 is 5.32 Å². The zero-order chi connectivity index (χ0) is 10.8. The molecule has 80 valence electrons. The van der Waals surface area contributed by atoms with Gasteiger partial charge in [-0.2, -0.15) is 0 Å². The van der Waals surface area contributed by atoms with E-state index in [0.29, 0.717) is 18.8 Å². The summed E-state index contributed by atoms with van der Waals surface area (Å²) in [6.07, 6.45) is 0. The first-order valence-electron chi connectivity index (χ1n) is 4.62. The minimum atomic E-state index is -0.120. The molecule has 0 aromatic carbocycles. The van der Waals surface area contributed by atoms with E-state index >= 15 is 0 Å². The van der Waals surface area contributed by atoms with Gasteiger partial charge in [-0.15, -0.1) is 0 Å². The lowest BCUT2D eigenvalue weighted by atomic mass is 10.1. The highest BCUT2D eigenvalue weighted by atomic mass is 32.2. The Bertz CT molecular complexity index is 232. The summed E-state index contributed by atoms with van der Waals surface area (Å²) >= 11 is 1.08. The van der Waals surface area contributed by atoms with Crippen LogP contribution in [0, 0.1) is 0 Å². The molecule has 0 aromatic rings. The van der Waals surface area contributed by atoms with Gasteiger partial charge >= 0.3 is 0 Å². The number of carbonyl (C=O) groups excluding carboxylic acids is 2. The predicted octanol–water partition coefficient (Wildman–Crippen LogP) is 1.07. The molecule has 1 N–H and O–H groups in total. The first-order chi connectivity index (χ1) is 6.40. The van der Waals surface area contributed by atoms with Crippen LogP contribution in [-0.4, -0.2) is 40.4 Å². The lowest BCUT2D eigenvalue weighted by Gasteiger charge is -2.22. The van der Waals surface area contributed by atoms with Gasteiger partial charge in [0.05, 0.1) is 5.75 Å². The van der Waals surface area contributed by atoms with Crippen molar-refractivity contribution in [2.75, 3.05) is 18.8 Å². The van der Waals surface area contributed by atoms with E-state index in [0.717, 1.165) is 11.8 Å². The smallest absolute Gasteiger partial charge is 0.288 e. The fraction of sp³-hybridized carbons (Fsp3) is 0.778. The number of carbonyl (C=O) groups is 2. The average Bonchev–Trinajstić information content (AvgIpc) is 2.33. The van der Waals surface area contributed by atoms with Gasteiger partial charge in [0, 0.05) is 18.6 Å². The summed E-state index contributed by atoms with van der Waals surface area (Å²) in [4.78, 5) is 23.7. The van der Waals surface area contributed by atoms with E-state index in [1.165, 1.54) is 4.90 Å². The Morgan fingerprint density at radius 2 is 2.07 bits per heavy atom. The summed E-state index contributed by atoms with van der Waals surface area (Å²) in [6, 6.07) is 0. The molecule has 0 unspecified atom stereocenters. The van der Waals surface area contributed by atoms with Crippen molar-refractivity contribution in [2.45, 2.75) is 26.3 Å². The highest BCUT2D eigenvalue weighted by Crippen LogP contribution is 2.17. The van der Waals surface area contributed by atoms with E-state index < -0.39 is 0 Å². The average molecular weight is 216 g/mol. The predicted molar refractivity (Wildman–Crippen MR) is 57.3 cm³/mol. The number of hydrogen-bond donors (Lipinski definition) is 1. The molecule has 0 aromatic heterocycles. The van der Waals surface area contributed by atoms with Gasteiger partial charge in [0.2, 0.25) is 5.91 Å². The zero-order valence-corrected chi connectivity index (χ0v) is 9.61. The molecular weight excluding hydrogens is 200 g/mol. The fourth-order valence-corrected chi connectivity index (χ4v) is 1.89. The minimum absolute atomic E-state index is 0.0267. The molecule has 0 atom stereocenters. The first-order valence-corrected chi connectivity index (χ1v) is 5.61. The van der Waals surface area contributed by atoms with Crippen molar-refractivity contribution in [2.24, 2.45) is 0 Å². The van der Waals surface area contributed by atoms with Crippen LogP contribution in [0.3, 0.4) is 0 Å². The van der Waals surface area contributed by atoms with Gasteiger partial charge < -0.3 is 5.32 Å². The Morgan fingerprint density at radius 3 is 2.50 bits per heavy atom. The SMILES string of the molecule is CC(C)(C)NCCN1C(=O)CSC1=O. The summed E-state index contributed by atoms with van der Waals surface area (Å²) in [6.45, 7) is 7.28. The molecule has 1 fully saturated rings. The van der Waals surface area contributed by atoms with E-state index in [4.69, 9.17) is 0 Å². The van der Waals surface area contributed by atoms with Crippen molar-refractivity contribution in [1.29, 1.82) is 0 Å².